The molecular formula is C13H8N3O4. The Labute approximate surface area is 113 Å². The number of anilines is 1. The Balaban J connectivity index is 0.00000147. The molecule has 0 unspecified atom stereocenters. The van der Waals surface area contributed by atoms with Gasteiger partial charge in [-0.05, 0) is 18.2 Å². The number of rotatable bonds is 1. The number of nitro benzene ring substituents is 1. The first-order valence-electron chi connectivity index (χ1n) is 5.52. The number of fused-ring (bicyclic) bond motifs is 2. The third-order valence-corrected chi connectivity index (χ3v) is 2.77. The normalized spacial score (nSPS) is 11.9. The van der Waals surface area contributed by atoms with Crippen LogP contribution in [0.5, 0.6) is 11.5 Å². The molecule has 7 nitrogen and oxygen atoms in total. The predicted molar refractivity (Wildman–Crippen MR) is 69.7 cm³/mol. The number of non-ortho nitro benzene ring substituents is 1. The molecule has 3 rings (SSSR count). The zero-order valence-electron chi connectivity index (χ0n) is 10.1. The smallest absolute Gasteiger partial charge is 0.270 e. The van der Waals surface area contributed by atoms with E-state index in [4.69, 9.17) is 4.74 Å². The van der Waals surface area contributed by atoms with E-state index in [2.05, 4.69) is 5.32 Å². The van der Waals surface area contributed by atoms with Gasteiger partial charge < -0.3 is 10.1 Å². The molecule has 99 valence electrons. The van der Waals surface area contributed by atoms with E-state index in [-0.39, 0.29) is 17.4 Å². The largest absolute Gasteiger partial charge is 0.454 e. The molecule has 1 heterocycles. The van der Waals surface area contributed by atoms with Gasteiger partial charge in [-0.1, -0.05) is 12.1 Å². The summed E-state index contributed by atoms with van der Waals surface area (Å²) in [5.74, 6) is 0.375. The van der Waals surface area contributed by atoms with Crippen molar-refractivity contribution in [3.05, 3.63) is 58.1 Å². The summed E-state index contributed by atoms with van der Waals surface area (Å²) in [6, 6.07) is 10.9. The molecule has 0 aliphatic carbocycles. The van der Waals surface area contributed by atoms with E-state index in [1.54, 1.807) is 24.3 Å². The van der Waals surface area contributed by atoms with Crippen molar-refractivity contribution >= 4 is 17.3 Å². The minimum atomic E-state index is -0.550. The number of benzene rings is 2. The average Bonchev–Trinajstić information content (AvgIpc) is 2.54. The van der Waals surface area contributed by atoms with Crippen LogP contribution < -0.4 is 16.2 Å². The van der Waals surface area contributed by atoms with E-state index < -0.39 is 10.8 Å². The zero-order chi connectivity index (χ0) is 13.4. The highest BCUT2D eigenvalue weighted by Gasteiger charge is 2.23. The highest BCUT2D eigenvalue weighted by Crippen LogP contribution is 2.36. The Hall–Kier alpha value is -2.93. The van der Waals surface area contributed by atoms with Gasteiger partial charge >= 0.3 is 0 Å². The summed E-state index contributed by atoms with van der Waals surface area (Å²) in [6.07, 6.45) is 0. The Morgan fingerprint density at radius 2 is 1.85 bits per heavy atom. The van der Waals surface area contributed by atoms with Crippen LogP contribution in [0.2, 0.25) is 0 Å². The maximum absolute atomic E-state index is 12.0. The molecule has 2 aromatic carbocycles. The summed E-state index contributed by atoms with van der Waals surface area (Å²) < 4.78 is 5.60. The number of nitrogens with zero attached hydrogens (tertiary/aromatic N) is 2. The SMILES string of the molecule is O=C1Nc2ccccc2Oc2ccc([N+](=O)[O-])cc21.[N]. The van der Waals surface area contributed by atoms with E-state index >= 15 is 0 Å². The molecule has 1 aliphatic heterocycles. The number of nitrogens with one attached hydrogen (secondary N) is 1. The van der Waals surface area contributed by atoms with Crippen molar-refractivity contribution < 1.29 is 14.5 Å². The second-order valence-electron chi connectivity index (χ2n) is 3.99. The summed E-state index contributed by atoms with van der Waals surface area (Å²) >= 11 is 0. The maximum atomic E-state index is 12.0. The molecule has 3 radical (unpaired) electrons. The molecule has 0 bridgehead atoms. The first kappa shape index (κ1) is 13.5. The molecule has 0 fully saturated rings. The first-order chi connectivity index (χ1) is 9.15. The molecule has 2 aromatic rings. The quantitative estimate of drug-likeness (QED) is 0.633. The summed E-state index contributed by atoms with van der Waals surface area (Å²) in [5.41, 5.74) is 0.528. The van der Waals surface area contributed by atoms with Gasteiger partial charge in [0.1, 0.15) is 5.75 Å². The molecule has 0 atom stereocenters. The second kappa shape index (κ2) is 4.98. The Kier molecular flexibility index (Phi) is 3.36. The lowest BCUT2D eigenvalue weighted by molar-refractivity contribution is -0.384. The number of carbonyl (C=O) groups is 1. The molecule has 1 aliphatic rings. The topological polar surface area (TPSA) is 112 Å². The van der Waals surface area contributed by atoms with Gasteiger partial charge in [-0.3, -0.25) is 14.9 Å². The van der Waals surface area contributed by atoms with Crippen LogP contribution in [0.4, 0.5) is 11.4 Å². The van der Waals surface area contributed by atoms with Crippen LogP contribution in [0.25, 0.3) is 0 Å². The number of nitro groups is 1. The van der Waals surface area contributed by atoms with Crippen LogP contribution in [-0.2, 0) is 0 Å². The average molecular weight is 270 g/mol. The fourth-order valence-corrected chi connectivity index (χ4v) is 1.86. The van der Waals surface area contributed by atoms with Crippen molar-refractivity contribution in [1.29, 1.82) is 0 Å². The van der Waals surface area contributed by atoms with Crippen molar-refractivity contribution in [2.24, 2.45) is 0 Å². The van der Waals surface area contributed by atoms with Crippen molar-refractivity contribution in [3.8, 4) is 11.5 Å². The van der Waals surface area contributed by atoms with Crippen molar-refractivity contribution in [2.45, 2.75) is 0 Å². The molecule has 0 saturated carbocycles. The Bertz CT molecular complexity index is 700. The molecule has 20 heavy (non-hydrogen) atoms. The summed E-state index contributed by atoms with van der Waals surface area (Å²) in [5, 5.41) is 13.4. The van der Waals surface area contributed by atoms with Gasteiger partial charge in [-0.2, -0.15) is 0 Å². The van der Waals surface area contributed by atoms with Crippen LogP contribution in [0.1, 0.15) is 10.4 Å². The fourth-order valence-electron chi connectivity index (χ4n) is 1.86. The van der Waals surface area contributed by atoms with E-state index in [1.807, 2.05) is 0 Å². The zero-order valence-corrected chi connectivity index (χ0v) is 10.1. The second-order valence-corrected chi connectivity index (χ2v) is 3.99. The van der Waals surface area contributed by atoms with Crippen LogP contribution in [0.3, 0.4) is 0 Å². The van der Waals surface area contributed by atoms with Gasteiger partial charge in [-0.25, -0.2) is 0 Å². The van der Waals surface area contributed by atoms with Gasteiger partial charge in [0, 0.05) is 18.3 Å². The summed E-state index contributed by atoms with van der Waals surface area (Å²) in [4.78, 5) is 22.2. The number of ether oxygens (including phenoxy) is 1. The lowest BCUT2D eigenvalue weighted by Gasteiger charge is -2.06. The van der Waals surface area contributed by atoms with Crippen LogP contribution in [0, 0.1) is 10.1 Å². The number of para-hydroxylation sites is 2. The van der Waals surface area contributed by atoms with Gasteiger partial charge in [-0.15, -0.1) is 0 Å². The number of carbonyl (C=O) groups excluding carboxylic acids is 1. The van der Waals surface area contributed by atoms with Crippen molar-refractivity contribution in [3.63, 3.8) is 0 Å². The van der Waals surface area contributed by atoms with Crippen molar-refractivity contribution in [2.75, 3.05) is 5.32 Å². The van der Waals surface area contributed by atoms with Crippen molar-refractivity contribution in [1.82, 2.24) is 6.15 Å². The molecular weight excluding hydrogens is 262 g/mol. The van der Waals surface area contributed by atoms with Crippen LogP contribution >= 0.6 is 0 Å². The number of hydrogen-bond donors (Lipinski definition) is 1. The lowest BCUT2D eigenvalue weighted by atomic mass is 10.1. The molecule has 7 heteroatoms. The standard InChI is InChI=1S/C13H8N2O4.N/c16-13-9-7-8(15(17)18)5-6-11(9)19-12-4-2-1-3-10(12)14-13;/h1-7H,(H,14,16);. The molecule has 1 N–H and O–H groups in total. The summed E-state index contributed by atoms with van der Waals surface area (Å²) in [7, 11) is 0. The van der Waals surface area contributed by atoms with Gasteiger partial charge in [0.25, 0.3) is 11.6 Å². The molecule has 0 saturated heterocycles. The molecule has 0 aromatic heterocycles. The molecule has 1 amide bonds. The number of amides is 1. The van der Waals surface area contributed by atoms with E-state index in [0.717, 1.165) is 0 Å². The van der Waals surface area contributed by atoms with E-state index in [0.29, 0.717) is 17.2 Å². The van der Waals surface area contributed by atoms with Crippen LogP contribution in [-0.4, -0.2) is 10.8 Å². The lowest BCUT2D eigenvalue weighted by Crippen LogP contribution is -2.10. The minimum absolute atomic E-state index is 0. The van der Waals surface area contributed by atoms with Gasteiger partial charge in [0.15, 0.2) is 5.75 Å². The Morgan fingerprint density at radius 3 is 2.60 bits per heavy atom. The predicted octanol–water partition coefficient (Wildman–Crippen LogP) is 2.47. The number of hydrogen-bond acceptors (Lipinski definition) is 4. The minimum Gasteiger partial charge on any atom is -0.454 e. The highest BCUT2D eigenvalue weighted by atomic mass is 16.6. The van der Waals surface area contributed by atoms with Gasteiger partial charge in [0.05, 0.1) is 16.2 Å². The van der Waals surface area contributed by atoms with Gasteiger partial charge in [0.2, 0.25) is 0 Å². The fraction of sp³-hybridized carbons (Fsp3) is 0. The third-order valence-electron chi connectivity index (χ3n) is 2.77. The monoisotopic (exact) mass is 270 g/mol. The highest BCUT2D eigenvalue weighted by molar-refractivity contribution is 6.08. The summed E-state index contributed by atoms with van der Waals surface area (Å²) in [6.45, 7) is 0. The van der Waals surface area contributed by atoms with E-state index in [1.165, 1.54) is 18.2 Å². The molecule has 0 spiro atoms. The van der Waals surface area contributed by atoms with E-state index in [9.17, 15) is 14.9 Å². The maximum Gasteiger partial charge on any atom is 0.270 e. The van der Waals surface area contributed by atoms with Crippen LogP contribution in [0.15, 0.2) is 42.5 Å². The Morgan fingerprint density at radius 1 is 1.10 bits per heavy atom. The third kappa shape index (κ3) is 2.17. The first-order valence-corrected chi connectivity index (χ1v) is 5.52.